The summed E-state index contributed by atoms with van der Waals surface area (Å²) in [4.78, 5) is 12.4. The molecule has 0 saturated carbocycles. The monoisotopic (exact) mass is 454 g/mol. The van der Waals surface area contributed by atoms with E-state index < -0.39 is 5.91 Å². The molecule has 0 bridgehead atoms. The summed E-state index contributed by atoms with van der Waals surface area (Å²) >= 11 is 3.38. The van der Waals surface area contributed by atoms with Gasteiger partial charge in [-0.25, -0.2) is 0 Å². The van der Waals surface area contributed by atoms with E-state index in [4.69, 9.17) is 20.6 Å². The van der Waals surface area contributed by atoms with Crippen LogP contribution in [0.25, 0.3) is 6.08 Å². The number of nitrogens with zero attached hydrogens (tertiary/aromatic N) is 1. The third kappa shape index (κ3) is 6.03. The number of terminal acetylenes is 1. The Morgan fingerprint density at radius 3 is 2.62 bits per heavy atom. The van der Waals surface area contributed by atoms with E-state index in [0.717, 1.165) is 5.56 Å². The molecule has 0 aliphatic heterocycles. The molecule has 6 nitrogen and oxygen atoms in total. The number of ether oxygens (including phenoxy) is 3. The summed E-state index contributed by atoms with van der Waals surface area (Å²) in [6.07, 6.45) is 6.68. The molecule has 2 aromatic rings. The van der Waals surface area contributed by atoms with Crippen molar-refractivity contribution in [1.29, 1.82) is 5.26 Å². The number of methoxy groups -OCH3 is 2. The number of hydrogen-bond acceptors (Lipinski definition) is 5. The minimum absolute atomic E-state index is 0.0262. The molecule has 0 aliphatic carbocycles. The second-order valence-corrected chi connectivity index (χ2v) is 6.57. The van der Waals surface area contributed by atoms with Crippen LogP contribution in [0.2, 0.25) is 0 Å². The molecule has 1 N–H and O–H groups in total. The number of halogens is 1. The first-order valence-electron chi connectivity index (χ1n) is 8.49. The molecule has 0 fully saturated rings. The highest BCUT2D eigenvalue weighted by Crippen LogP contribution is 2.27. The predicted molar refractivity (Wildman–Crippen MR) is 113 cm³/mol. The summed E-state index contributed by atoms with van der Waals surface area (Å²) in [5, 5.41) is 12.1. The summed E-state index contributed by atoms with van der Waals surface area (Å²) < 4.78 is 16.5. The van der Waals surface area contributed by atoms with Gasteiger partial charge in [-0.2, -0.15) is 5.26 Å². The van der Waals surface area contributed by atoms with Crippen LogP contribution in [0.1, 0.15) is 11.1 Å². The van der Waals surface area contributed by atoms with Gasteiger partial charge in [-0.3, -0.25) is 4.79 Å². The third-order valence-electron chi connectivity index (χ3n) is 3.88. The molecule has 0 spiro atoms. The van der Waals surface area contributed by atoms with Crippen LogP contribution in [0.4, 0.5) is 0 Å². The zero-order valence-electron chi connectivity index (χ0n) is 16.0. The zero-order chi connectivity index (χ0) is 21.2. The van der Waals surface area contributed by atoms with Crippen molar-refractivity contribution in [2.24, 2.45) is 0 Å². The number of nitriles is 1. The lowest BCUT2D eigenvalue weighted by Crippen LogP contribution is -2.24. The summed E-state index contributed by atoms with van der Waals surface area (Å²) in [6.45, 7) is 0.349. The van der Waals surface area contributed by atoms with E-state index in [1.165, 1.54) is 13.2 Å². The Hall–Kier alpha value is -3.42. The first-order chi connectivity index (χ1) is 14.0. The van der Waals surface area contributed by atoms with E-state index in [2.05, 4.69) is 27.2 Å². The Balaban J connectivity index is 2.12. The van der Waals surface area contributed by atoms with Crippen molar-refractivity contribution in [3.05, 3.63) is 57.6 Å². The van der Waals surface area contributed by atoms with Crippen molar-refractivity contribution in [3.8, 4) is 35.7 Å². The smallest absolute Gasteiger partial charge is 0.262 e. The average Bonchev–Trinajstić information content (AvgIpc) is 2.74. The summed E-state index contributed by atoms with van der Waals surface area (Å²) in [5.41, 5.74) is 1.40. The summed E-state index contributed by atoms with van der Waals surface area (Å²) in [5.74, 6) is 3.71. The van der Waals surface area contributed by atoms with Gasteiger partial charge in [-0.1, -0.05) is 12.0 Å². The second kappa shape index (κ2) is 10.8. The topological polar surface area (TPSA) is 80.6 Å². The highest BCUT2D eigenvalue weighted by atomic mass is 79.9. The van der Waals surface area contributed by atoms with Gasteiger partial charge in [0.25, 0.3) is 5.91 Å². The predicted octanol–water partition coefficient (Wildman–Crippen LogP) is 3.70. The maximum absolute atomic E-state index is 12.4. The molecule has 0 aliphatic rings. The molecule has 0 aromatic heterocycles. The molecule has 0 radical (unpaired) electrons. The molecule has 148 valence electrons. The van der Waals surface area contributed by atoms with Crippen LogP contribution in [-0.4, -0.2) is 26.7 Å². The van der Waals surface area contributed by atoms with Crippen LogP contribution >= 0.6 is 15.9 Å². The van der Waals surface area contributed by atoms with E-state index in [0.29, 0.717) is 27.3 Å². The first-order valence-corrected chi connectivity index (χ1v) is 9.28. The van der Waals surface area contributed by atoms with Crippen molar-refractivity contribution in [1.82, 2.24) is 5.32 Å². The summed E-state index contributed by atoms with van der Waals surface area (Å²) in [7, 11) is 3.10. The Labute approximate surface area is 178 Å². The molecule has 1 amide bonds. The fourth-order valence-corrected chi connectivity index (χ4v) is 2.94. The Kier molecular flexibility index (Phi) is 8.14. The minimum Gasteiger partial charge on any atom is -0.497 e. The lowest BCUT2D eigenvalue weighted by Gasteiger charge is -2.11. The van der Waals surface area contributed by atoms with E-state index in [-0.39, 0.29) is 18.7 Å². The van der Waals surface area contributed by atoms with E-state index in [9.17, 15) is 10.1 Å². The van der Waals surface area contributed by atoms with Crippen molar-refractivity contribution in [3.63, 3.8) is 0 Å². The maximum Gasteiger partial charge on any atom is 0.262 e. The molecule has 0 saturated heterocycles. The number of carbonyl (C=O) groups excluding carboxylic acids is 1. The van der Waals surface area contributed by atoms with Crippen LogP contribution < -0.4 is 19.5 Å². The van der Waals surface area contributed by atoms with Gasteiger partial charge in [0.1, 0.15) is 35.5 Å². The number of rotatable bonds is 8. The minimum atomic E-state index is -0.492. The largest absolute Gasteiger partial charge is 0.497 e. The molecule has 0 unspecified atom stereocenters. The third-order valence-corrected chi connectivity index (χ3v) is 4.50. The van der Waals surface area contributed by atoms with Crippen LogP contribution in [-0.2, 0) is 11.3 Å². The number of carbonyl (C=O) groups is 1. The fourth-order valence-electron chi connectivity index (χ4n) is 2.43. The highest BCUT2D eigenvalue weighted by Gasteiger charge is 2.12. The van der Waals surface area contributed by atoms with Gasteiger partial charge in [-0.15, -0.1) is 6.42 Å². The molecule has 7 heteroatoms. The molecular weight excluding hydrogens is 436 g/mol. The first kappa shape index (κ1) is 21.9. The van der Waals surface area contributed by atoms with Crippen LogP contribution in [0, 0.1) is 23.7 Å². The van der Waals surface area contributed by atoms with Crippen molar-refractivity contribution in [2.45, 2.75) is 6.54 Å². The lowest BCUT2D eigenvalue weighted by molar-refractivity contribution is -0.117. The molecular formula is C22H19BrN2O4. The van der Waals surface area contributed by atoms with Crippen LogP contribution in [0.5, 0.6) is 17.2 Å². The zero-order valence-corrected chi connectivity index (χ0v) is 17.6. The Morgan fingerprint density at radius 2 is 2.00 bits per heavy atom. The van der Waals surface area contributed by atoms with Crippen molar-refractivity contribution in [2.75, 3.05) is 20.8 Å². The molecule has 2 rings (SSSR count). The second-order valence-electron chi connectivity index (χ2n) is 5.71. The van der Waals surface area contributed by atoms with E-state index in [1.54, 1.807) is 43.5 Å². The number of amides is 1. The van der Waals surface area contributed by atoms with Gasteiger partial charge in [0.05, 0.1) is 18.7 Å². The molecule has 0 atom stereocenters. The Bertz CT molecular complexity index is 1000. The highest BCUT2D eigenvalue weighted by molar-refractivity contribution is 9.10. The Morgan fingerprint density at radius 1 is 1.21 bits per heavy atom. The van der Waals surface area contributed by atoms with Gasteiger partial charge in [0.15, 0.2) is 0 Å². The summed E-state index contributed by atoms with van der Waals surface area (Å²) in [6, 6.07) is 12.4. The number of hydrogen-bond donors (Lipinski definition) is 1. The molecule has 29 heavy (non-hydrogen) atoms. The van der Waals surface area contributed by atoms with E-state index in [1.807, 2.05) is 6.07 Å². The average molecular weight is 455 g/mol. The number of nitrogens with one attached hydrogen (secondary N) is 1. The van der Waals surface area contributed by atoms with Gasteiger partial charge in [0, 0.05) is 18.2 Å². The van der Waals surface area contributed by atoms with Gasteiger partial charge < -0.3 is 19.5 Å². The number of benzene rings is 2. The molecule has 2 aromatic carbocycles. The lowest BCUT2D eigenvalue weighted by atomic mass is 10.1. The van der Waals surface area contributed by atoms with Gasteiger partial charge in [-0.05, 0) is 51.8 Å². The van der Waals surface area contributed by atoms with Crippen LogP contribution in [0.3, 0.4) is 0 Å². The maximum atomic E-state index is 12.4. The quantitative estimate of drug-likeness (QED) is 0.373. The molecule has 0 heterocycles. The SMILES string of the molecule is C#CCOc1ccc(/C=C(\C#N)C(=O)NCc2ccc(OC)cc2OC)cc1Br. The normalized spacial score (nSPS) is 10.4. The van der Waals surface area contributed by atoms with Gasteiger partial charge >= 0.3 is 0 Å². The van der Waals surface area contributed by atoms with Gasteiger partial charge in [0.2, 0.25) is 0 Å². The fraction of sp³-hybridized carbons (Fsp3) is 0.182. The van der Waals surface area contributed by atoms with E-state index >= 15 is 0 Å². The van der Waals surface area contributed by atoms with Crippen LogP contribution in [0.15, 0.2) is 46.4 Å². The standard InChI is InChI=1S/C22H19BrN2O4/c1-4-9-29-20-8-5-15(11-19(20)23)10-17(13-24)22(26)25-14-16-6-7-18(27-2)12-21(16)28-3/h1,5-8,10-12H,9,14H2,2-3H3,(H,25,26)/b17-10+. The van der Waals surface area contributed by atoms with Crippen molar-refractivity contribution >= 4 is 27.9 Å². The van der Waals surface area contributed by atoms with Crippen molar-refractivity contribution < 1.29 is 19.0 Å².